The van der Waals surface area contributed by atoms with Crippen LogP contribution in [0.1, 0.15) is 21.6 Å². The third-order valence-electron chi connectivity index (χ3n) is 2.62. The molecule has 106 valence electrons. The molecule has 1 aromatic heterocycles. The lowest BCUT2D eigenvalue weighted by Gasteiger charge is -2.06. The highest BCUT2D eigenvalue weighted by molar-refractivity contribution is 5.94. The Kier molecular flexibility index (Phi) is 4.96. The maximum absolute atomic E-state index is 13.9. The molecule has 0 aliphatic rings. The lowest BCUT2D eigenvalue weighted by Crippen LogP contribution is -2.24. The average molecular weight is 284 g/mol. The molecule has 0 unspecified atom stereocenters. The van der Waals surface area contributed by atoms with Gasteiger partial charge in [-0.25, -0.2) is 14.4 Å². The van der Waals surface area contributed by atoms with Gasteiger partial charge in [0.05, 0.1) is 24.3 Å². The van der Waals surface area contributed by atoms with E-state index in [1.807, 2.05) is 0 Å². The number of nitrogens with one attached hydrogen (secondary N) is 1. The zero-order chi connectivity index (χ0) is 15.1. The zero-order valence-electron chi connectivity index (χ0n) is 11.1. The van der Waals surface area contributed by atoms with Crippen LogP contribution in [-0.2, 0) is 6.54 Å². The zero-order valence-corrected chi connectivity index (χ0v) is 11.1. The van der Waals surface area contributed by atoms with E-state index in [-0.39, 0.29) is 18.7 Å². The van der Waals surface area contributed by atoms with Crippen molar-refractivity contribution >= 4 is 5.91 Å². The molecule has 2 aromatic rings. The van der Waals surface area contributed by atoms with Crippen LogP contribution in [0, 0.1) is 17.7 Å². The molecule has 0 aliphatic carbocycles. The summed E-state index contributed by atoms with van der Waals surface area (Å²) in [7, 11) is 0. The Balaban J connectivity index is 2.05. The molecule has 2 rings (SSSR count). The van der Waals surface area contributed by atoms with Gasteiger partial charge in [0.2, 0.25) is 0 Å². The quantitative estimate of drug-likeness (QED) is 0.819. The fraction of sp³-hybridized carbons (Fsp3) is 0.133. The van der Waals surface area contributed by atoms with E-state index < -0.39 is 11.7 Å². The third kappa shape index (κ3) is 4.09. The second kappa shape index (κ2) is 7.12. The van der Waals surface area contributed by atoms with Crippen LogP contribution in [0.25, 0.3) is 0 Å². The van der Waals surface area contributed by atoms with E-state index in [9.17, 15) is 9.18 Å². The SMILES string of the molecule is NCC#Cc1ccc(C(=O)NCc2ccncn2)c(F)c1. The van der Waals surface area contributed by atoms with Crippen LogP contribution in [-0.4, -0.2) is 22.4 Å². The summed E-state index contributed by atoms with van der Waals surface area (Å²) >= 11 is 0. The van der Waals surface area contributed by atoms with Crippen molar-refractivity contribution in [1.82, 2.24) is 15.3 Å². The van der Waals surface area contributed by atoms with E-state index in [0.29, 0.717) is 11.3 Å². The Bertz CT molecular complexity index is 692. The van der Waals surface area contributed by atoms with E-state index in [0.717, 1.165) is 0 Å². The fourth-order valence-corrected chi connectivity index (χ4v) is 1.62. The number of carbonyl (C=O) groups excluding carboxylic acids is 1. The summed E-state index contributed by atoms with van der Waals surface area (Å²) in [5, 5.41) is 2.59. The molecule has 1 heterocycles. The Morgan fingerprint density at radius 1 is 1.38 bits per heavy atom. The van der Waals surface area contributed by atoms with Crippen LogP contribution in [0.2, 0.25) is 0 Å². The van der Waals surface area contributed by atoms with Crippen molar-refractivity contribution in [2.45, 2.75) is 6.54 Å². The van der Waals surface area contributed by atoms with Crippen LogP contribution in [0.4, 0.5) is 4.39 Å². The molecule has 0 spiro atoms. The number of nitrogens with zero attached hydrogens (tertiary/aromatic N) is 2. The van der Waals surface area contributed by atoms with Gasteiger partial charge in [-0.3, -0.25) is 4.79 Å². The molecule has 21 heavy (non-hydrogen) atoms. The number of carbonyl (C=O) groups is 1. The number of benzene rings is 1. The van der Waals surface area contributed by atoms with Gasteiger partial charge in [0.15, 0.2) is 0 Å². The Labute approximate surface area is 121 Å². The molecule has 6 heteroatoms. The minimum absolute atomic E-state index is 0.0395. The number of hydrogen-bond donors (Lipinski definition) is 2. The lowest BCUT2D eigenvalue weighted by molar-refractivity contribution is 0.0946. The molecule has 0 aliphatic heterocycles. The minimum atomic E-state index is -0.626. The van der Waals surface area contributed by atoms with E-state index in [2.05, 4.69) is 27.1 Å². The van der Waals surface area contributed by atoms with Crippen molar-refractivity contribution in [1.29, 1.82) is 0 Å². The number of hydrogen-bond acceptors (Lipinski definition) is 4. The molecular formula is C15H13FN4O. The van der Waals surface area contributed by atoms with Gasteiger partial charge >= 0.3 is 0 Å². The van der Waals surface area contributed by atoms with Crippen molar-refractivity contribution < 1.29 is 9.18 Å². The van der Waals surface area contributed by atoms with Gasteiger partial charge in [0.1, 0.15) is 12.1 Å². The first-order valence-electron chi connectivity index (χ1n) is 6.22. The van der Waals surface area contributed by atoms with Crippen molar-refractivity contribution in [3.8, 4) is 11.8 Å². The minimum Gasteiger partial charge on any atom is -0.346 e. The number of rotatable bonds is 3. The third-order valence-corrected chi connectivity index (χ3v) is 2.62. The van der Waals surface area contributed by atoms with Crippen molar-refractivity contribution in [3.05, 3.63) is 59.4 Å². The topological polar surface area (TPSA) is 80.9 Å². The van der Waals surface area contributed by atoms with E-state index in [1.165, 1.54) is 18.5 Å². The molecule has 0 saturated heterocycles. The van der Waals surface area contributed by atoms with E-state index in [1.54, 1.807) is 18.3 Å². The lowest BCUT2D eigenvalue weighted by atomic mass is 10.1. The number of nitrogens with two attached hydrogens (primary N) is 1. The first-order valence-corrected chi connectivity index (χ1v) is 6.22. The van der Waals surface area contributed by atoms with E-state index >= 15 is 0 Å². The highest BCUT2D eigenvalue weighted by Gasteiger charge is 2.11. The summed E-state index contributed by atoms with van der Waals surface area (Å²) in [4.78, 5) is 19.7. The number of aromatic nitrogens is 2. The van der Waals surface area contributed by atoms with Crippen LogP contribution in [0.3, 0.4) is 0 Å². The van der Waals surface area contributed by atoms with Crippen molar-refractivity contribution in [2.24, 2.45) is 5.73 Å². The predicted octanol–water partition coefficient (Wildman–Crippen LogP) is 0.856. The first kappa shape index (κ1) is 14.6. The Morgan fingerprint density at radius 2 is 2.24 bits per heavy atom. The van der Waals surface area contributed by atoms with Crippen LogP contribution in [0.5, 0.6) is 0 Å². The largest absolute Gasteiger partial charge is 0.346 e. The van der Waals surface area contributed by atoms with Crippen molar-refractivity contribution in [3.63, 3.8) is 0 Å². The van der Waals surface area contributed by atoms with Gasteiger partial charge in [0, 0.05) is 11.8 Å². The summed E-state index contributed by atoms with van der Waals surface area (Å²) in [6.45, 7) is 0.401. The van der Waals surface area contributed by atoms with Crippen LogP contribution >= 0.6 is 0 Å². The summed E-state index contributed by atoms with van der Waals surface area (Å²) < 4.78 is 13.9. The standard InChI is InChI=1S/C15H13FN4O/c16-14-8-11(2-1-6-17)3-4-13(14)15(21)19-9-12-5-7-18-10-20-12/h3-5,7-8,10H,6,9,17H2,(H,19,21). The Morgan fingerprint density at radius 3 is 2.90 bits per heavy atom. The number of amides is 1. The maximum atomic E-state index is 13.9. The van der Waals surface area contributed by atoms with Gasteiger partial charge < -0.3 is 11.1 Å². The summed E-state index contributed by atoms with van der Waals surface area (Å²) in [6.07, 6.45) is 2.95. The van der Waals surface area contributed by atoms with Gasteiger partial charge in [0.25, 0.3) is 5.91 Å². The molecule has 0 bridgehead atoms. The molecule has 1 amide bonds. The summed E-state index contributed by atoms with van der Waals surface area (Å²) in [5.41, 5.74) is 6.33. The molecule has 0 fully saturated rings. The maximum Gasteiger partial charge on any atom is 0.254 e. The molecule has 0 atom stereocenters. The second-order valence-electron chi connectivity index (χ2n) is 4.08. The Hall–Kier alpha value is -2.78. The molecule has 5 nitrogen and oxygen atoms in total. The highest BCUT2D eigenvalue weighted by Crippen LogP contribution is 2.10. The van der Waals surface area contributed by atoms with E-state index in [4.69, 9.17) is 5.73 Å². The monoisotopic (exact) mass is 284 g/mol. The van der Waals surface area contributed by atoms with Gasteiger partial charge in [-0.1, -0.05) is 11.8 Å². The molecular weight excluding hydrogens is 271 g/mol. The van der Waals surface area contributed by atoms with Crippen LogP contribution < -0.4 is 11.1 Å². The molecule has 1 aromatic carbocycles. The van der Waals surface area contributed by atoms with Crippen molar-refractivity contribution in [2.75, 3.05) is 6.54 Å². The molecule has 0 radical (unpaired) electrons. The van der Waals surface area contributed by atoms with Gasteiger partial charge in [-0.15, -0.1) is 0 Å². The smallest absolute Gasteiger partial charge is 0.254 e. The average Bonchev–Trinajstić information content (AvgIpc) is 2.51. The summed E-state index contributed by atoms with van der Waals surface area (Å²) in [6, 6.07) is 5.85. The predicted molar refractivity (Wildman–Crippen MR) is 75.5 cm³/mol. The van der Waals surface area contributed by atoms with Crippen LogP contribution in [0.15, 0.2) is 36.8 Å². The summed E-state index contributed by atoms with van der Waals surface area (Å²) in [5.74, 6) is 4.19. The van der Waals surface area contributed by atoms with Gasteiger partial charge in [-0.05, 0) is 24.3 Å². The molecule has 3 N–H and O–H groups in total. The molecule has 0 saturated carbocycles. The normalized spacial score (nSPS) is 9.62. The number of halogens is 1. The highest BCUT2D eigenvalue weighted by atomic mass is 19.1. The fourth-order valence-electron chi connectivity index (χ4n) is 1.62. The first-order chi connectivity index (χ1) is 10.2. The second-order valence-corrected chi connectivity index (χ2v) is 4.08. The van der Waals surface area contributed by atoms with Gasteiger partial charge in [-0.2, -0.15) is 0 Å².